The molecule has 7 nitrogen and oxygen atoms in total. The second-order valence-corrected chi connectivity index (χ2v) is 4.48. The van der Waals surface area contributed by atoms with Gasteiger partial charge in [0.1, 0.15) is 0 Å². The van der Waals surface area contributed by atoms with Crippen LogP contribution >= 0.6 is 0 Å². The molecule has 1 rings (SSSR count). The van der Waals surface area contributed by atoms with Crippen LogP contribution in [0.5, 0.6) is 0 Å². The Hall–Kier alpha value is -1.18. The Morgan fingerprint density at radius 3 is 2.65 bits per heavy atom. The van der Waals surface area contributed by atoms with Gasteiger partial charge in [0.25, 0.3) is 0 Å². The number of rotatable bonds is 12. The van der Waals surface area contributed by atoms with Gasteiger partial charge in [-0.25, -0.2) is 0 Å². The summed E-state index contributed by atoms with van der Waals surface area (Å²) in [7, 11) is 3.38. The Bertz CT molecular complexity index is 346. The van der Waals surface area contributed by atoms with Gasteiger partial charge in [-0.05, 0) is 19.4 Å². The lowest BCUT2D eigenvalue weighted by Crippen LogP contribution is -2.29. The molecule has 1 aromatic heterocycles. The van der Waals surface area contributed by atoms with Crippen molar-refractivity contribution in [2.24, 2.45) is 0 Å². The summed E-state index contributed by atoms with van der Waals surface area (Å²) in [6.45, 7) is 6.54. The van der Waals surface area contributed by atoms with Crippen molar-refractivity contribution >= 4 is 6.01 Å². The predicted molar refractivity (Wildman–Crippen MR) is 76.9 cm³/mol. The summed E-state index contributed by atoms with van der Waals surface area (Å²) in [6, 6.07) is 0.548. The molecule has 0 saturated carbocycles. The first kappa shape index (κ1) is 16.9. The second-order valence-electron chi connectivity index (χ2n) is 4.48. The summed E-state index contributed by atoms with van der Waals surface area (Å²) >= 11 is 0. The van der Waals surface area contributed by atoms with E-state index in [1.807, 2.05) is 4.90 Å². The minimum Gasteiger partial charge on any atom is -0.407 e. The molecule has 0 fully saturated rings. The van der Waals surface area contributed by atoms with E-state index >= 15 is 0 Å². The van der Waals surface area contributed by atoms with Crippen molar-refractivity contribution in [2.45, 2.75) is 26.3 Å². The Balaban J connectivity index is 2.50. The van der Waals surface area contributed by atoms with Crippen LogP contribution < -0.4 is 10.2 Å². The molecule has 7 heteroatoms. The monoisotopic (exact) mass is 286 g/mol. The molecule has 0 aliphatic carbocycles. The molecule has 1 aromatic rings. The summed E-state index contributed by atoms with van der Waals surface area (Å²) in [5.41, 5.74) is 0. The van der Waals surface area contributed by atoms with E-state index in [9.17, 15) is 0 Å². The normalized spacial score (nSPS) is 10.9. The molecule has 116 valence electrons. The molecule has 0 bridgehead atoms. The van der Waals surface area contributed by atoms with Crippen molar-refractivity contribution in [1.82, 2.24) is 15.5 Å². The largest absolute Gasteiger partial charge is 0.407 e. The Morgan fingerprint density at radius 1 is 1.15 bits per heavy atom. The highest BCUT2D eigenvalue weighted by atomic mass is 16.5. The highest BCUT2D eigenvalue weighted by Gasteiger charge is 2.13. The van der Waals surface area contributed by atoms with Crippen LogP contribution in [0.25, 0.3) is 0 Å². The maximum absolute atomic E-state index is 5.66. The van der Waals surface area contributed by atoms with Crippen molar-refractivity contribution < 1.29 is 13.9 Å². The van der Waals surface area contributed by atoms with E-state index in [-0.39, 0.29) is 0 Å². The lowest BCUT2D eigenvalue weighted by molar-refractivity contribution is 0.189. The van der Waals surface area contributed by atoms with E-state index in [0.717, 1.165) is 32.5 Å². The lowest BCUT2D eigenvalue weighted by atomic mass is 10.4. The zero-order chi connectivity index (χ0) is 14.6. The molecule has 1 N–H and O–H groups in total. The molecular formula is C13H26N4O3. The van der Waals surface area contributed by atoms with Gasteiger partial charge in [-0.15, -0.1) is 5.10 Å². The van der Waals surface area contributed by atoms with Gasteiger partial charge in [-0.1, -0.05) is 12.0 Å². The number of hydrogen-bond acceptors (Lipinski definition) is 7. The summed E-state index contributed by atoms with van der Waals surface area (Å²) < 4.78 is 15.8. The number of hydrogen-bond donors (Lipinski definition) is 1. The van der Waals surface area contributed by atoms with Crippen molar-refractivity contribution in [3.63, 3.8) is 0 Å². The first-order valence-corrected chi connectivity index (χ1v) is 7.07. The van der Waals surface area contributed by atoms with Gasteiger partial charge in [-0.3, -0.25) is 0 Å². The maximum atomic E-state index is 5.66. The highest BCUT2D eigenvalue weighted by Crippen LogP contribution is 2.12. The molecule has 0 aliphatic rings. The molecule has 0 aromatic carbocycles. The zero-order valence-electron chi connectivity index (χ0n) is 12.7. The Labute approximate surface area is 120 Å². The molecule has 0 saturated heterocycles. The van der Waals surface area contributed by atoms with E-state index in [1.165, 1.54) is 0 Å². The number of aromatic nitrogens is 2. The number of nitrogens with zero attached hydrogens (tertiary/aromatic N) is 3. The SMILES string of the molecule is CCCNCc1nnc(N(CCCOC)CCOC)o1. The van der Waals surface area contributed by atoms with Crippen LogP contribution in [0, 0.1) is 0 Å². The van der Waals surface area contributed by atoms with Gasteiger partial charge in [-0.2, -0.15) is 0 Å². The van der Waals surface area contributed by atoms with Crippen molar-refractivity contribution in [2.75, 3.05) is 52.0 Å². The number of methoxy groups -OCH3 is 2. The van der Waals surface area contributed by atoms with Crippen LogP contribution in [0.2, 0.25) is 0 Å². The van der Waals surface area contributed by atoms with E-state index < -0.39 is 0 Å². The number of anilines is 1. The quantitative estimate of drug-likeness (QED) is 0.576. The van der Waals surface area contributed by atoms with Crippen LogP contribution in [0.1, 0.15) is 25.7 Å². The molecule has 1 heterocycles. The fourth-order valence-corrected chi connectivity index (χ4v) is 1.72. The van der Waals surface area contributed by atoms with Crippen LogP contribution in [-0.2, 0) is 16.0 Å². The standard InChI is InChI=1S/C13H26N4O3/c1-4-6-14-11-12-15-16-13(20-12)17(8-10-19-3)7-5-9-18-2/h14H,4-11H2,1-3H3. The van der Waals surface area contributed by atoms with Gasteiger partial charge in [0, 0.05) is 33.9 Å². The fourth-order valence-electron chi connectivity index (χ4n) is 1.72. The smallest absolute Gasteiger partial charge is 0.318 e. The second kappa shape index (κ2) is 10.6. The van der Waals surface area contributed by atoms with E-state index in [1.54, 1.807) is 14.2 Å². The van der Waals surface area contributed by atoms with Gasteiger partial charge in [0.15, 0.2) is 0 Å². The summed E-state index contributed by atoms with van der Waals surface area (Å²) in [5, 5.41) is 11.4. The van der Waals surface area contributed by atoms with E-state index in [4.69, 9.17) is 13.9 Å². The molecule has 0 aliphatic heterocycles. The van der Waals surface area contributed by atoms with Gasteiger partial charge >= 0.3 is 6.01 Å². The third-order valence-electron chi connectivity index (χ3n) is 2.77. The molecule has 20 heavy (non-hydrogen) atoms. The third kappa shape index (κ3) is 6.31. The lowest BCUT2D eigenvalue weighted by Gasteiger charge is -2.19. The van der Waals surface area contributed by atoms with Gasteiger partial charge < -0.3 is 24.1 Å². The van der Waals surface area contributed by atoms with Crippen LogP contribution in [0.15, 0.2) is 4.42 Å². The average molecular weight is 286 g/mol. The number of ether oxygens (including phenoxy) is 2. The fraction of sp³-hybridized carbons (Fsp3) is 0.846. The van der Waals surface area contributed by atoms with E-state index in [2.05, 4.69) is 22.4 Å². The minimum absolute atomic E-state index is 0.548. The van der Waals surface area contributed by atoms with Crippen LogP contribution in [-0.4, -0.2) is 57.3 Å². The molecule has 0 unspecified atom stereocenters. The number of nitrogens with one attached hydrogen (secondary N) is 1. The average Bonchev–Trinajstić information content (AvgIpc) is 2.92. The third-order valence-corrected chi connectivity index (χ3v) is 2.77. The topological polar surface area (TPSA) is 72.7 Å². The van der Waals surface area contributed by atoms with Crippen LogP contribution in [0.4, 0.5) is 6.01 Å². The molecule has 0 amide bonds. The highest BCUT2D eigenvalue weighted by molar-refractivity contribution is 5.23. The minimum atomic E-state index is 0.548. The molecule has 0 atom stereocenters. The molecular weight excluding hydrogens is 260 g/mol. The van der Waals surface area contributed by atoms with E-state index in [0.29, 0.717) is 31.7 Å². The van der Waals surface area contributed by atoms with Crippen molar-refractivity contribution in [1.29, 1.82) is 0 Å². The molecule has 0 spiro atoms. The Kier molecular flexibility index (Phi) is 8.93. The molecule has 0 radical (unpaired) electrons. The van der Waals surface area contributed by atoms with Gasteiger partial charge in [0.2, 0.25) is 5.89 Å². The van der Waals surface area contributed by atoms with Gasteiger partial charge in [0.05, 0.1) is 13.2 Å². The van der Waals surface area contributed by atoms with Crippen molar-refractivity contribution in [3.05, 3.63) is 5.89 Å². The summed E-state index contributed by atoms with van der Waals surface area (Å²) in [6.07, 6.45) is 1.99. The van der Waals surface area contributed by atoms with Crippen LogP contribution in [0.3, 0.4) is 0 Å². The zero-order valence-corrected chi connectivity index (χ0v) is 12.7. The summed E-state index contributed by atoms with van der Waals surface area (Å²) in [4.78, 5) is 2.03. The Morgan fingerprint density at radius 2 is 1.95 bits per heavy atom. The maximum Gasteiger partial charge on any atom is 0.318 e. The summed E-state index contributed by atoms with van der Waals surface area (Å²) in [5.74, 6) is 0.614. The van der Waals surface area contributed by atoms with Crippen molar-refractivity contribution in [3.8, 4) is 0 Å². The first-order chi connectivity index (χ1) is 9.81. The predicted octanol–water partition coefficient (Wildman–Crippen LogP) is 1.06. The first-order valence-electron chi connectivity index (χ1n) is 7.07.